The monoisotopic (exact) mass is 664 g/mol. The van der Waals surface area contributed by atoms with Crippen molar-refractivity contribution in [2.75, 3.05) is 19.1 Å². The lowest BCUT2D eigenvalue weighted by Gasteiger charge is -2.39. The molecule has 1 aromatic heterocycles. The van der Waals surface area contributed by atoms with Crippen molar-refractivity contribution in [3.8, 4) is 0 Å². The van der Waals surface area contributed by atoms with Gasteiger partial charge in [0, 0.05) is 42.1 Å². The van der Waals surface area contributed by atoms with E-state index in [9.17, 15) is 9.59 Å². The van der Waals surface area contributed by atoms with Crippen molar-refractivity contribution < 1.29 is 14.3 Å². The summed E-state index contributed by atoms with van der Waals surface area (Å²) in [6, 6.07) is 8.61. The number of nitrogens with zero attached hydrogens (tertiary/aromatic N) is 4. The van der Waals surface area contributed by atoms with Gasteiger partial charge in [0.2, 0.25) is 6.35 Å². The van der Waals surface area contributed by atoms with E-state index >= 15 is 0 Å². The summed E-state index contributed by atoms with van der Waals surface area (Å²) in [7, 11) is 4.83. The van der Waals surface area contributed by atoms with Crippen LogP contribution in [0.5, 0.6) is 0 Å². The van der Waals surface area contributed by atoms with Crippen LogP contribution in [0, 0.1) is 0 Å². The number of aryl methyl sites for hydroxylation is 1. The first-order valence-electron chi connectivity index (χ1n) is 12.4. The van der Waals surface area contributed by atoms with Crippen LogP contribution >= 0.6 is 34.2 Å². The molecule has 0 saturated carbocycles. The largest absolute Gasteiger partial charge is 0.482 e. The van der Waals surface area contributed by atoms with Crippen molar-refractivity contribution in [1.29, 1.82) is 0 Å². The molecule has 0 fully saturated rings. The predicted molar refractivity (Wildman–Crippen MR) is 158 cm³/mol. The number of carbonyl (C=O) groups is 1. The van der Waals surface area contributed by atoms with Gasteiger partial charge in [-0.3, -0.25) is 14.5 Å². The minimum atomic E-state index is -0.572. The highest BCUT2D eigenvalue weighted by Crippen LogP contribution is 2.46. The van der Waals surface area contributed by atoms with Gasteiger partial charge in [-0.15, -0.1) is 0 Å². The molecule has 0 saturated heterocycles. The number of hydrogen-bond acceptors (Lipinski definition) is 8. The fraction of sp³-hybridized carbons (Fsp3) is 0.370. The Balaban J connectivity index is 1.67. The first kappa shape index (κ1) is 27.5. The topological polar surface area (TPSA) is 100 Å². The number of methoxy groups -OCH3 is 2. The van der Waals surface area contributed by atoms with Crippen molar-refractivity contribution in [1.82, 2.24) is 20.1 Å². The molecule has 206 valence electrons. The molecular weight excluding hydrogens is 635 g/mol. The number of aromatic nitrogens is 1. The summed E-state index contributed by atoms with van der Waals surface area (Å²) >= 11 is 8.49. The summed E-state index contributed by atoms with van der Waals surface area (Å²) < 4.78 is 13.2. The zero-order valence-electron chi connectivity index (χ0n) is 22.2. The number of rotatable bonds is 7. The molecule has 0 radical (unpaired) electrons. The number of benzene rings is 1. The number of alkyl halides is 1. The van der Waals surface area contributed by atoms with Gasteiger partial charge in [0.05, 0.1) is 18.4 Å². The van der Waals surface area contributed by atoms with Gasteiger partial charge >= 0.3 is 0 Å². The molecule has 3 atom stereocenters. The molecular formula is C27H30ClIN6O4. The number of halogens is 2. The van der Waals surface area contributed by atoms with Crippen LogP contribution in [0.4, 0.5) is 5.69 Å². The number of anilines is 1. The number of ether oxygens (including phenoxy) is 2. The Hall–Kier alpha value is -3.03. The van der Waals surface area contributed by atoms with Crippen LogP contribution in [0.2, 0.25) is 5.02 Å². The van der Waals surface area contributed by atoms with Gasteiger partial charge < -0.3 is 29.6 Å². The third-order valence-electron chi connectivity index (χ3n) is 7.01. The SMILES string of the molecule is COC1=C(C2NC3=C(C(c4ccc(Cl)cc4)N(c4cc(CI)cn(C)c4=O)C3=O)N2C(C)C)C=NC(OC)N1. The van der Waals surface area contributed by atoms with Crippen LogP contribution in [-0.4, -0.2) is 54.4 Å². The second-order valence-electron chi connectivity index (χ2n) is 9.72. The number of hydrogen-bond donors (Lipinski definition) is 2. The average Bonchev–Trinajstić information content (AvgIpc) is 3.45. The van der Waals surface area contributed by atoms with E-state index in [1.54, 1.807) is 50.7 Å². The normalized spacial score (nSPS) is 22.6. The van der Waals surface area contributed by atoms with E-state index in [0.717, 1.165) is 22.4 Å². The highest BCUT2D eigenvalue weighted by atomic mass is 127. The first-order chi connectivity index (χ1) is 18.7. The fourth-order valence-corrected chi connectivity index (χ4v) is 5.84. The van der Waals surface area contributed by atoms with Gasteiger partial charge in [-0.2, -0.15) is 0 Å². The van der Waals surface area contributed by atoms with E-state index < -0.39 is 18.6 Å². The minimum Gasteiger partial charge on any atom is -0.482 e. The molecule has 1 aromatic carbocycles. The van der Waals surface area contributed by atoms with E-state index in [1.165, 1.54) is 4.57 Å². The quantitative estimate of drug-likeness (QED) is 0.346. The van der Waals surface area contributed by atoms with Gasteiger partial charge in [0.1, 0.15) is 23.6 Å². The Morgan fingerprint density at radius 1 is 1.15 bits per heavy atom. The van der Waals surface area contributed by atoms with Gasteiger partial charge in [-0.1, -0.05) is 46.3 Å². The summed E-state index contributed by atoms with van der Waals surface area (Å²) in [6.07, 6.45) is 2.49. The van der Waals surface area contributed by atoms with Crippen LogP contribution in [0.25, 0.3) is 0 Å². The van der Waals surface area contributed by atoms with E-state index in [1.807, 2.05) is 18.2 Å². The molecule has 3 aliphatic rings. The minimum absolute atomic E-state index is 0.0276. The Kier molecular flexibility index (Phi) is 7.66. The van der Waals surface area contributed by atoms with Gasteiger partial charge in [-0.25, -0.2) is 4.99 Å². The van der Waals surface area contributed by atoms with Gasteiger partial charge in [-0.05, 0) is 43.2 Å². The third kappa shape index (κ3) is 4.70. The van der Waals surface area contributed by atoms with Crippen LogP contribution < -0.4 is 21.1 Å². The van der Waals surface area contributed by atoms with Crippen LogP contribution in [0.3, 0.4) is 0 Å². The molecule has 2 aromatic rings. The lowest BCUT2D eigenvalue weighted by molar-refractivity contribution is -0.115. The second kappa shape index (κ2) is 10.9. The lowest BCUT2D eigenvalue weighted by Crippen LogP contribution is -2.50. The summed E-state index contributed by atoms with van der Waals surface area (Å²) in [5.41, 5.74) is 3.79. The van der Waals surface area contributed by atoms with Crippen LogP contribution in [0.15, 0.2) is 69.2 Å². The van der Waals surface area contributed by atoms with Crippen molar-refractivity contribution in [2.24, 2.45) is 12.0 Å². The molecule has 0 aliphatic carbocycles. The molecule has 3 unspecified atom stereocenters. The molecule has 39 heavy (non-hydrogen) atoms. The van der Waals surface area contributed by atoms with Crippen molar-refractivity contribution in [2.45, 2.75) is 42.9 Å². The first-order valence-corrected chi connectivity index (χ1v) is 14.3. The molecule has 12 heteroatoms. The van der Waals surface area contributed by atoms with E-state index in [4.69, 9.17) is 21.1 Å². The maximum atomic E-state index is 14.2. The predicted octanol–water partition coefficient (Wildman–Crippen LogP) is 3.37. The number of amides is 1. The third-order valence-corrected chi connectivity index (χ3v) is 8.14. The molecule has 5 rings (SSSR count). The van der Waals surface area contributed by atoms with E-state index in [-0.39, 0.29) is 17.5 Å². The van der Waals surface area contributed by atoms with Crippen molar-refractivity contribution in [3.05, 3.63) is 85.9 Å². The molecule has 4 heterocycles. The Bertz CT molecular complexity index is 1450. The average molecular weight is 665 g/mol. The molecule has 0 spiro atoms. The van der Waals surface area contributed by atoms with Crippen molar-refractivity contribution >= 4 is 52.0 Å². The highest BCUT2D eigenvalue weighted by Gasteiger charge is 2.52. The second-order valence-corrected chi connectivity index (χ2v) is 10.9. The highest BCUT2D eigenvalue weighted by molar-refractivity contribution is 14.1. The summed E-state index contributed by atoms with van der Waals surface area (Å²) in [6.45, 7) is 4.12. The summed E-state index contributed by atoms with van der Waals surface area (Å²) in [4.78, 5) is 35.8. The Morgan fingerprint density at radius 3 is 2.49 bits per heavy atom. The fourth-order valence-electron chi connectivity index (χ4n) is 5.30. The van der Waals surface area contributed by atoms with Crippen LogP contribution in [0.1, 0.15) is 31.0 Å². The summed E-state index contributed by atoms with van der Waals surface area (Å²) in [5, 5.41) is 7.15. The van der Waals surface area contributed by atoms with E-state index in [0.29, 0.717) is 26.7 Å². The van der Waals surface area contributed by atoms with E-state index in [2.05, 4.69) is 57.0 Å². The number of aliphatic imine (C=N–C) groups is 1. The molecule has 10 nitrogen and oxygen atoms in total. The van der Waals surface area contributed by atoms with Gasteiger partial charge in [0.25, 0.3) is 11.5 Å². The number of nitrogens with one attached hydrogen (secondary N) is 2. The summed E-state index contributed by atoms with van der Waals surface area (Å²) in [5.74, 6) is 0.216. The molecule has 1 amide bonds. The Morgan fingerprint density at radius 2 is 1.87 bits per heavy atom. The standard InChI is InChI=1S/C27H30ClIN6O4/c1-14(2)34-22-20(31-23(34)18-12-30-27(39-5)32-24(18)38-4)26(37)35(21(22)16-6-8-17(28)9-7-16)19-10-15(11-29)13-33(3)25(19)36/h6-10,12-14,21,23,27,31-32H,11H2,1-5H3. The maximum absolute atomic E-state index is 14.2. The molecule has 2 N–H and O–H groups in total. The smallest absolute Gasteiger partial charge is 0.277 e. The maximum Gasteiger partial charge on any atom is 0.277 e. The Labute approximate surface area is 245 Å². The zero-order valence-corrected chi connectivity index (χ0v) is 25.1. The number of carbonyl (C=O) groups excluding carboxylic acids is 1. The number of pyridine rings is 1. The zero-order chi connectivity index (χ0) is 28.0. The molecule has 0 bridgehead atoms. The lowest BCUT2D eigenvalue weighted by atomic mass is 10.0. The molecule has 3 aliphatic heterocycles. The van der Waals surface area contributed by atoms with Crippen molar-refractivity contribution in [3.63, 3.8) is 0 Å². The van der Waals surface area contributed by atoms with Gasteiger partial charge in [0.15, 0.2) is 5.88 Å². The van der Waals surface area contributed by atoms with Crippen LogP contribution in [-0.2, 0) is 25.7 Å².